The minimum atomic E-state index is -0.535. The summed E-state index contributed by atoms with van der Waals surface area (Å²) in [5, 5.41) is 9.50. The topological polar surface area (TPSA) is 96.4 Å². The molecule has 1 N–H and O–H groups in total. The molecule has 0 aliphatic carbocycles. The van der Waals surface area contributed by atoms with Crippen LogP contribution in [0.25, 0.3) is 6.08 Å². The third-order valence-electron chi connectivity index (χ3n) is 4.37. The van der Waals surface area contributed by atoms with E-state index in [0.29, 0.717) is 5.56 Å². The van der Waals surface area contributed by atoms with Gasteiger partial charge in [0.05, 0.1) is 19.1 Å². The van der Waals surface area contributed by atoms with Crippen LogP contribution in [0.3, 0.4) is 0 Å². The number of thioether (sulfide) groups is 1. The number of methoxy groups -OCH3 is 2. The van der Waals surface area contributed by atoms with Crippen LogP contribution < -0.4 is 9.47 Å². The maximum Gasteiger partial charge on any atom is 0.294 e. The van der Waals surface area contributed by atoms with Crippen LogP contribution >= 0.6 is 11.8 Å². The zero-order valence-corrected chi connectivity index (χ0v) is 18.2. The molecule has 0 saturated carbocycles. The SMILES string of the molecule is COc1cc(/C=C2\SC(=O)N(CC(=O)N(C(C)C)C(C)C)C2=O)cc(OC)c1O. The molecule has 1 aliphatic rings. The third-order valence-corrected chi connectivity index (χ3v) is 5.27. The van der Waals surface area contributed by atoms with Gasteiger partial charge in [0.1, 0.15) is 6.54 Å². The van der Waals surface area contributed by atoms with Crippen molar-refractivity contribution in [1.29, 1.82) is 0 Å². The largest absolute Gasteiger partial charge is 0.502 e. The van der Waals surface area contributed by atoms with Gasteiger partial charge in [-0.25, -0.2) is 0 Å². The van der Waals surface area contributed by atoms with E-state index in [2.05, 4.69) is 0 Å². The lowest BCUT2D eigenvalue weighted by molar-refractivity contribution is -0.138. The van der Waals surface area contributed by atoms with Crippen LogP contribution in [0.2, 0.25) is 0 Å². The number of carbonyl (C=O) groups excluding carboxylic acids is 3. The van der Waals surface area contributed by atoms with Gasteiger partial charge < -0.3 is 19.5 Å². The molecule has 0 unspecified atom stereocenters. The van der Waals surface area contributed by atoms with E-state index in [1.165, 1.54) is 32.4 Å². The summed E-state index contributed by atoms with van der Waals surface area (Å²) in [6.07, 6.45) is 1.50. The van der Waals surface area contributed by atoms with Crippen molar-refractivity contribution in [3.05, 3.63) is 22.6 Å². The number of hydrogen-bond donors (Lipinski definition) is 1. The number of benzene rings is 1. The minimum absolute atomic E-state index is 0.0464. The number of nitrogens with zero attached hydrogens (tertiary/aromatic N) is 2. The third kappa shape index (κ3) is 4.84. The molecule has 1 fully saturated rings. The molecule has 1 saturated heterocycles. The van der Waals surface area contributed by atoms with Crippen LogP contribution in [-0.4, -0.2) is 64.8 Å². The Hall–Kier alpha value is -2.68. The molecule has 1 heterocycles. The number of phenols is 1. The number of ether oxygens (including phenoxy) is 2. The smallest absolute Gasteiger partial charge is 0.294 e. The second-order valence-corrected chi connectivity index (χ2v) is 8.02. The number of amides is 3. The van der Waals surface area contributed by atoms with Crippen LogP contribution in [-0.2, 0) is 9.59 Å². The van der Waals surface area contributed by atoms with Gasteiger partial charge in [-0.2, -0.15) is 0 Å². The van der Waals surface area contributed by atoms with E-state index < -0.39 is 11.1 Å². The Labute approximate surface area is 174 Å². The van der Waals surface area contributed by atoms with Gasteiger partial charge in [-0.1, -0.05) is 0 Å². The molecule has 0 bridgehead atoms. The van der Waals surface area contributed by atoms with Crippen molar-refractivity contribution in [1.82, 2.24) is 9.80 Å². The maximum absolute atomic E-state index is 12.7. The Morgan fingerprint density at radius 2 is 1.66 bits per heavy atom. The van der Waals surface area contributed by atoms with Crippen LogP contribution in [0.4, 0.5) is 4.79 Å². The van der Waals surface area contributed by atoms with Gasteiger partial charge in [0.15, 0.2) is 11.5 Å². The van der Waals surface area contributed by atoms with Crippen molar-refractivity contribution in [3.63, 3.8) is 0 Å². The molecule has 1 aromatic rings. The normalized spacial score (nSPS) is 15.6. The number of hydrogen-bond acceptors (Lipinski definition) is 7. The first-order valence-electron chi connectivity index (χ1n) is 9.12. The Morgan fingerprint density at radius 3 is 2.10 bits per heavy atom. The Kier molecular flexibility index (Phi) is 7.18. The Morgan fingerprint density at radius 1 is 1.14 bits per heavy atom. The van der Waals surface area contributed by atoms with Gasteiger partial charge in [0.25, 0.3) is 11.1 Å². The van der Waals surface area contributed by atoms with E-state index in [0.717, 1.165) is 16.7 Å². The van der Waals surface area contributed by atoms with Gasteiger partial charge in [-0.3, -0.25) is 19.3 Å². The highest BCUT2D eigenvalue weighted by Crippen LogP contribution is 2.39. The fourth-order valence-corrected chi connectivity index (χ4v) is 4.01. The van der Waals surface area contributed by atoms with Crippen LogP contribution in [0.5, 0.6) is 17.2 Å². The quantitative estimate of drug-likeness (QED) is 0.675. The summed E-state index contributed by atoms with van der Waals surface area (Å²) in [7, 11) is 2.79. The fourth-order valence-electron chi connectivity index (χ4n) is 3.17. The summed E-state index contributed by atoms with van der Waals surface area (Å²) in [4.78, 5) is 40.5. The summed E-state index contributed by atoms with van der Waals surface area (Å²) in [5.41, 5.74) is 0.513. The van der Waals surface area contributed by atoms with E-state index in [1.807, 2.05) is 27.7 Å². The standard InChI is InChI=1S/C20H26N2O6S/c1-11(2)22(12(3)4)17(23)10-21-19(25)16(29-20(21)26)9-13-7-14(27-5)18(24)15(8-13)28-6/h7-9,11-12,24H,10H2,1-6H3/b16-9-. The summed E-state index contributed by atoms with van der Waals surface area (Å²) in [5.74, 6) is -0.629. The molecule has 1 aromatic carbocycles. The molecule has 1 aliphatic heterocycles. The van der Waals surface area contributed by atoms with E-state index in [-0.39, 0.29) is 46.7 Å². The predicted molar refractivity (Wildman–Crippen MR) is 111 cm³/mol. The van der Waals surface area contributed by atoms with Crippen LogP contribution in [0.15, 0.2) is 17.0 Å². The summed E-state index contributed by atoms with van der Waals surface area (Å²) >= 11 is 0.762. The molecular weight excluding hydrogens is 396 g/mol. The van der Waals surface area contributed by atoms with E-state index in [1.54, 1.807) is 4.90 Å². The zero-order valence-electron chi connectivity index (χ0n) is 17.4. The van der Waals surface area contributed by atoms with Gasteiger partial charge in [-0.15, -0.1) is 0 Å². The van der Waals surface area contributed by atoms with Crippen molar-refractivity contribution < 1.29 is 29.0 Å². The number of aromatic hydroxyl groups is 1. The molecule has 0 aromatic heterocycles. The average molecular weight is 423 g/mol. The molecule has 0 atom stereocenters. The highest BCUT2D eigenvalue weighted by atomic mass is 32.2. The molecule has 8 nitrogen and oxygen atoms in total. The highest BCUT2D eigenvalue weighted by Gasteiger charge is 2.37. The summed E-state index contributed by atoms with van der Waals surface area (Å²) < 4.78 is 10.2. The number of imide groups is 1. The predicted octanol–water partition coefficient (Wildman–Crippen LogP) is 3.09. The van der Waals surface area contributed by atoms with Gasteiger partial charge in [0.2, 0.25) is 11.7 Å². The van der Waals surface area contributed by atoms with Crippen molar-refractivity contribution in [2.45, 2.75) is 39.8 Å². The molecule has 158 valence electrons. The first-order valence-corrected chi connectivity index (χ1v) is 9.93. The number of carbonyl (C=O) groups is 3. The van der Waals surface area contributed by atoms with E-state index in [9.17, 15) is 19.5 Å². The lowest BCUT2D eigenvalue weighted by Gasteiger charge is -2.31. The van der Waals surface area contributed by atoms with Gasteiger partial charge >= 0.3 is 0 Å². The van der Waals surface area contributed by atoms with Crippen molar-refractivity contribution in [2.75, 3.05) is 20.8 Å². The molecule has 29 heavy (non-hydrogen) atoms. The number of rotatable bonds is 7. The second-order valence-electron chi connectivity index (χ2n) is 7.03. The molecule has 3 amide bonds. The van der Waals surface area contributed by atoms with Gasteiger partial charge in [-0.05, 0) is 63.2 Å². The van der Waals surface area contributed by atoms with Crippen molar-refractivity contribution >= 4 is 34.9 Å². The van der Waals surface area contributed by atoms with Crippen LogP contribution in [0.1, 0.15) is 33.3 Å². The lowest BCUT2D eigenvalue weighted by Crippen LogP contribution is -2.48. The van der Waals surface area contributed by atoms with Crippen LogP contribution in [0, 0.1) is 0 Å². The zero-order chi connectivity index (χ0) is 21.9. The first kappa shape index (κ1) is 22.6. The monoisotopic (exact) mass is 422 g/mol. The summed E-state index contributed by atoms with van der Waals surface area (Å²) in [6.45, 7) is 7.24. The highest BCUT2D eigenvalue weighted by molar-refractivity contribution is 8.18. The fraction of sp³-hybridized carbons (Fsp3) is 0.450. The van der Waals surface area contributed by atoms with Crippen molar-refractivity contribution in [3.8, 4) is 17.2 Å². The average Bonchev–Trinajstić information content (AvgIpc) is 2.89. The van der Waals surface area contributed by atoms with E-state index in [4.69, 9.17) is 9.47 Å². The lowest BCUT2D eigenvalue weighted by atomic mass is 10.1. The van der Waals surface area contributed by atoms with E-state index >= 15 is 0 Å². The molecular formula is C20H26N2O6S. The molecule has 0 radical (unpaired) electrons. The second kappa shape index (κ2) is 9.21. The first-order chi connectivity index (χ1) is 13.6. The molecule has 0 spiro atoms. The van der Waals surface area contributed by atoms with Crippen molar-refractivity contribution in [2.24, 2.45) is 0 Å². The Balaban J connectivity index is 2.28. The maximum atomic E-state index is 12.7. The Bertz CT molecular complexity index is 816. The molecule has 2 rings (SSSR count). The minimum Gasteiger partial charge on any atom is -0.502 e. The summed E-state index contributed by atoms with van der Waals surface area (Å²) in [6, 6.07) is 2.96. The van der Waals surface area contributed by atoms with Gasteiger partial charge in [0, 0.05) is 12.1 Å². The number of phenolic OH excluding ortho intramolecular Hbond substituents is 1. The molecule has 9 heteroatoms.